The van der Waals surface area contributed by atoms with Crippen LogP contribution in [0.25, 0.3) is 16.6 Å². The van der Waals surface area contributed by atoms with E-state index in [1.165, 1.54) is 28.5 Å². The fourth-order valence-corrected chi connectivity index (χ4v) is 5.27. The van der Waals surface area contributed by atoms with Crippen LogP contribution >= 0.6 is 11.8 Å². The lowest BCUT2D eigenvalue weighted by Gasteiger charge is -2.34. The fraction of sp³-hybridized carbons (Fsp3) is 0.407. The monoisotopic (exact) mass is 526 g/mol. The number of para-hydroxylation sites is 1. The number of amides is 2. The van der Waals surface area contributed by atoms with E-state index in [0.29, 0.717) is 61.0 Å². The van der Waals surface area contributed by atoms with E-state index in [4.69, 9.17) is 9.72 Å². The molecule has 0 radical (unpaired) electrons. The molecule has 0 bridgehead atoms. The minimum absolute atomic E-state index is 0.109. The highest BCUT2D eigenvalue weighted by molar-refractivity contribution is 7.99. The van der Waals surface area contributed by atoms with Crippen LogP contribution in [0.3, 0.4) is 0 Å². The number of hydrogen-bond donors (Lipinski definition) is 0. The molecule has 1 aromatic heterocycles. The van der Waals surface area contributed by atoms with Gasteiger partial charge in [-0.05, 0) is 56.2 Å². The van der Waals surface area contributed by atoms with Crippen LogP contribution in [0.2, 0.25) is 0 Å². The topological polar surface area (TPSA) is 84.7 Å². The summed E-state index contributed by atoms with van der Waals surface area (Å²) in [5, 5.41) is 1.07. The zero-order valence-electron chi connectivity index (χ0n) is 20.9. The molecule has 196 valence electrons. The molecule has 2 heterocycles. The van der Waals surface area contributed by atoms with Gasteiger partial charge in [0, 0.05) is 38.4 Å². The zero-order valence-corrected chi connectivity index (χ0v) is 21.7. The number of halogens is 1. The Bertz CT molecular complexity index is 1290. The van der Waals surface area contributed by atoms with E-state index in [0.717, 1.165) is 25.0 Å². The number of ether oxygens (including phenoxy) is 1. The first-order valence-electron chi connectivity index (χ1n) is 12.6. The number of carbonyl (C=O) groups excluding carboxylic acids is 2. The quantitative estimate of drug-likeness (QED) is 0.232. The number of benzene rings is 2. The third-order valence-corrected chi connectivity index (χ3v) is 7.28. The van der Waals surface area contributed by atoms with Crippen LogP contribution in [0.1, 0.15) is 32.6 Å². The maximum atomic E-state index is 13.5. The Morgan fingerprint density at radius 3 is 2.41 bits per heavy atom. The van der Waals surface area contributed by atoms with Crippen LogP contribution in [0.15, 0.2) is 58.5 Å². The molecule has 37 heavy (non-hydrogen) atoms. The smallest absolute Gasteiger partial charge is 0.409 e. The molecule has 1 saturated heterocycles. The number of rotatable bonds is 9. The van der Waals surface area contributed by atoms with Crippen molar-refractivity contribution < 1.29 is 18.7 Å². The van der Waals surface area contributed by atoms with Crippen molar-refractivity contribution in [2.75, 3.05) is 38.5 Å². The number of nitrogens with zero attached hydrogens (tertiary/aromatic N) is 4. The first kappa shape index (κ1) is 26.7. The second-order valence-corrected chi connectivity index (χ2v) is 9.82. The van der Waals surface area contributed by atoms with Crippen molar-refractivity contribution in [3.63, 3.8) is 0 Å². The van der Waals surface area contributed by atoms with Crippen molar-refractivity contribution in [3.05, 3.63) is 64.7 Å². The lowest BCUT2D eigenvalue weighted by atomic mass is 10.2. The summed E-state index contributed by atoms with van der Waals surface area (Å²) in [6.07, 6.45) is 2.65. The number of hydrogen-bond acceptors (Lipinski definition) is 6. The van der Waals surface area contributed by atoms with E-state index in [1.807, 2.05) is 17.0 Å². The number of piperazine rings is 1. The molecule has 10 heteroatoms. The van der Waals surface area contributed by atoms with Gasteiger partial charge in [0.1, 0.15) is 5.82 Å². The molecule has 3 aromatic rings. The molecular weight excluding hydrogens is 495 g/mol. The molecule has 0 unspecified atom stereocenters. The van der Waals surface area contributed by atoms with Crippen LogP contribution in [0.5, 0.6) is 0 Å². The Kier molecular flexibility index (Phi) is 9.16. The van der Waals surface area contributed by atoms with Gasteiger partial charge in [-0.25, -0.2) is 14.2 Å². The predicted molar refractivity (Wildman–Crippen MR) is 142 cm³/mol. The van der Waals surface area contributed by atoms with Gasteiger partial charge in [0.15, 0.2) is 5.16 Å². The highest BCUT2D eigenvalue weighted by Crippen LogP contribution is 2.23. The number of carbonyl (C=O) groups is 2. The van der Waals surface area contributed by atoms with E-state index < -0.39 is 0 Å². The minimum atomic E-state index is -0.366. The van der Waals surface area contributed by atoms with E-state index in [-0.39, 0.29) is 23.4 Å². The molecule has 0 atom stereocenters. The normalized spacial score (nSPS) is 13.7. The second-order valence-electron chi connectivity index (χ2n) is 8.75. The van der Waals surface area contributed by atoms with E-state index in [9.17, 15) is 18.8 Å². The maximum absolute atomic E-state index is 13.5. The number of unbranched alkanes of at least 4 members (excludes halogenated alkanes) is 2. The lowest BCUT2D eigenvalue weighted by molar-refractivity contribution is -0.132. The molecule has 8 nitrogen and oxygen atoms in total. The molecule has 0 spiro atoms. The molecule has 0 N–H and O–H groups in total. The summed E-state index contributed by atoms with van der Waals surface area (Å²) in [6.45, 7) is 4.17. The van der Waals surface area contributed by atoms with Gasteiger partial charge in [-0.15, -0.1) is 0 Å². The Morgan fingerprint density at radius 1 is 0.973 bits per heavy atom. The molecule has 0 saturated carbocycles. The standard InChI is InChI=1S/C27H31FN4O4S/c1-2-36-27(35)31-17-15-30(16-18-31)24(33)10-4-3-7-19-37-26-29-23-9-6-5-8-22(23)25(34)32(26)21-13-11-20(28)12-14-21/h5-6,8-9,11-14H,2-4,7,10,15-19H2,1H3. The van der Waals surface area contributed by atoms with Gasteiger partial charge < -0.3 is 14.5 Å². The summed E-state index contributed by atoms with van der Waals surface area (Å²) in [5.41, 5.74) is 1.01. The molecule has 4 rings (SSSR count). The average molecular weight is 527 g/mol. The maximum Gasteiger partial charge on any atom is 0.409 e. The van der Waals surface area contributed by atoms with Crippen molar-refractivity contribution in [1.29, 1.82) is 0 Å². The Morgan fingerprint density at radius 2 is 1.68 bits per heavy atom. The molecule has 1 aliphatic heterocycles. The first-order valence-corrected chi connectivity index (χ1v) is 13.6. The fourth-order valence-electron chi connectivity index (χ4n) is 4.26. The highest BCUT2D eigenvalue weighted by atomic mass is 32.2. The Hall–Kier alpha value is -3.40. The zero-order chi connectivity index (χ0) is 26.2. The molecule has 1 fully saturated rings. The van der Waals surface area contributed by atoms with E-state index >= 15 is 0 Å². The Labute approximate surface area is 219 Å². The van der Waals surface area contributed by atoms with Gasteiger partial charge in [0.2, 0.25) is 5.91 Å². The third kappa shape index (κ3) is 6.68. The van der Waals surface area contributed by atoms with Gasteiger partial charge in [0.25, 0.3) is 5.56 Å². The van der Waals surface area contributed by atoms with Crippen LogP contribution in [-0.4, -0.2) is 69.9 Å². The summed E-state index contributed by atoms with van der Waals surface area (Å²) < 4.78 is 20.0. The van der Waals surface area contributed by atoms with Gasteiger partial charge in [0.05, 0.1) is 23.2 Å². The third-order valence-electron chi connectivity index (χ3n) is 6.25. The van der Waals surface area contributed by atoms with Crippen LogP contribution < -0.4 is 5.56 Å². The van der Waals surface area contributed by atoms with Crippen LogP contribution in [0, 0.1) is 5.82 Å². The largest absolute Gasteiger partial charge is 0.450 e. The molecule has 0 aliphatic carbocycles. The highest BCUT2D eigenvalue weighted by Gasteiger charge is 2.24. The summed E-state index contributed by atoms with van der Waals surface area (Å²) in [5.74, 6) is 0.478. The molecule has 1 aliphatic rings. The van der Waals surface area contributed by atoms with E-state index in [2.05, 4.69) is 0 Å². The van der Waals surface area contributed by atoms with Crippen LogP contribution in [-0.2, 0) is 9.53 Å². The van der Waals surface area contributed by atoms with Gasteiger partial charge >= 0.3 is 6.09 Å². The number of aromatic nitrogens is 2. The van der Waals surface area contributed by atoms with Gasteiger partial charge in [-0.1, -0.05) is 30.3 Å². The van der Waals surface area contributed by atoms with Crippen molar-refractivity contribution in [2.45, 2.75) is 37.8 Å². The minimum Gasteiger partial charge on any atom is -0.450 e. The second kappa shape index (κ2) is 12.7. The summed E-state index contributed by atoms with van der Waals surface area (Å²) in [7, 11) is 0. The average Bonchev–Trinajstić information content (AvgIpc) is 2.91. The first-order chi connectivity index (χ1) is 18.0. The van der Waals surface area contributed by atoms with Crippen molar-refractivity contribution in [2.24, 2.45) is 0 Å². The predicted octanol–water partition coefficient (Wildman–Crippen LogP) is 4.48. The van der Waals surface area contributed by atoms with Crippen molar-refractivity contribution in [3.8, 4) is 5.69 Å². The summed E-state index contributed by atoms with van der Waals surface area (Å²) in [4.78, 5) is 45.7. The summed E-state index contributed by atoms with van der Waals surface area (Å²) in [6, 6.07) is 13.0. The van der Waals surface area contributed by atoms with Crippen molar-refractivity contribution >= 4 is 34.7 Å². The van der Waals surface area contributed by atoms with Gasteiger partial charge in [-0.3, -0.25) is 14.2 Å². The summed E-state index contributed by atoms with van der Waals surface area (Å²) >= 11 is 1.48. The molecular formula is C27H31FN4O4S. The van der Waals surface area contributed by atoms with Crippen LogP contribution in [0.4, 0.5) is 9.18 Å². The number of thioether (sulfide) groups is 1. The Balaban J connectivity index is 1.28. The number of fused-ring (bicyclic) bond motifs is 1. The molecule has 2 aromatic carbocycles. The molecule has 2 amide bonds. The SMILES string of the molecule is CCOC(=O)N1CCN(C(=O)CCCCCSc2nc3ccccc3c(=O)n2-c2ccc(F)cc2)CC1. The lowest BCUT2D eigenvalue weighted by Crippen LogP contribution is -2.50. The van der Waals surface area contributed by atoms with E-state index in [1.54, 1.807) is 36.1 Å². The van der Waals surface area contributed by atoms with Gasteiger partial charge in [-0.2, -0.15) is 0 Å². The van der Waals surface area contributed by atoms with Crippen molar-refractivity contribution in [1.82, 2.24) is 19.4 Å².